The standard InChI is InChI=1S/C9H6F3N3S/c10-9(11,12)5-1-2-6(14-3-5)8-15-7(13)4-16-8/h1-4H,13H2. The van der Waals surface area contributed by atoms with Crippen LogP contribution in [0.2, 0.25) is 0 Å². The zero-order chi connectivity index (χ0) is 11.8. The molecule has 0 fully saturated rings. The third kappa shape index (κ3) is 2.13. The predicted molar refractivity (Wildman–Crippen MR) is 54.8 cm³/mol. The van der Waals surface area contributed by atoms with Crippen LogP contribution in [0.5, 0.6) is 0 Å². The molecule has 0 radical (unpaired) electrons. The van der Waals surface area contributed by atoms with Gasteiger partial charge in [0.15, 0.2) is 0 Å². The maximum absolute atomic E-state index is 12.3. The fourth-order valence-electron chi connectivity index (χ4n) is 1.09. The van der Waals surface area contributed by atoms with E-state index in [-0.39, 0.29) is 0 Å². The highest BCUT2D eigenvalue weighted by molar-refractivity contribution is 7.13. The zero-order valence-electron chi connectivity index (χ0n) is 7.82. The molecule has 0 saturated carbocycles. The van der Waals surface area contributed by atoms with Crippen molar-refractivity contribution >= 4 is 17.2 Å². The molecule has 7 heteroatoms. The van der Waals surface area contributed by atoms with Gasteiger partial charge >= 0.3 is 6.18 Å². The van der Waals surface area contributed by atoms with Gasteiger partial charge in [-0.3, -0.25) is 4.98 Å². The smallest absolute Gasteiger partial charge is 0.383 e. The summed E-state index contributed by atoms with van der Waals surface area (Å²) in [4.78, 5) is 7.63. The fraction of sp³-hybridized carbons (Fsp3) is 0.111. The van der Waals surface area contributed by atoms with E-state index in [9.17, 15) is 13.2 Å². The Balaban J connectivity index is 2.33. The Morgan fingerprint density at radius 2 is 2.00 bits per heavy atom. The third-order valence-corrected chi connectivity index (χ3v) is 2.71. The Morgan fingerprint density at radius 1 is 1.25 bits per heavy atom. The number of thiazole rings is 1. The molecule has 16 heavy (non-hydrogen) atoms. The molecule has 0 saturated heterocycles. The van der Waals surface area contributed by atoms with Gasteiger partial charge in [-0.1, -0.05) is 0 Å². The first kappa shape index (κ1) is 10.9. The molecule has 0 bridgehead atoms. The third-order valence-electron chi connectivity index (χ3n) is 1.83. The van der Waals surface area contributed by atoms with Crippen LogP contribution in [0.4, 0.5) is 19.0 Å². The summed E-state index contributed by atoms with van der Waals surface area (Å²) in [7, 11) is 0. The largest absolute Gasteiger partial charge is 0.417 e. The van der Waals surface area contributed by atoms with Crippen LogP contribution in [0.3, 0.4) is 0 Å². The lowest BCUT2D eigenvalue weighted by Gasteiger charge is -2.05. The van der Waals surface area contributed by atoms with Gasteiger partial charge in [0.05, 0.1) is 11.3 Å². The average molecular weight is 245 g/mol. The number of aromatic nitrogens is 2. The molecule has 2 aromatic heterocycles. The molecule has 84 valence electrons. The van der Waals surface area contributed by atoms with Crippen molar-refractivity contribution < 1.29 is 13.2 Å². The highest BCUT2D eigenvalue weighted by Gasteiger charge is 2.30. The van der Waals surface area contributed by atoms with Crippen molar-refractivity contribution in [2.45, 2.75) is 6.18 Å². The number of alkyl halides is 3. The molecule has 2 heterocycles. The fourth-order valence-corrected chi connectivity index (χ4v) is 1.78. The molecule has 2 rings (SSSR count). The van der Waals surface area contributed by atoms with E-state index in [0.717, 1.165) is 12.3 Å². The molecule has 0 aliphatic heterocycles. The van der Waals surface area contributed by atoms with E-state index < -0.39 is 11.7 Å². The summed E-state index contributed by atoms with van der Waals surface area (Å²) in [6, 6.07) is 2.25. The van der Waals surface area contributed by atoms with Gasteiger partial charge in [0, 0.05) is 11.6 Å². The molecule has 2 N–H and O–H groups in total. The van der Waals surface area contributed by atoms with Gasteiger partial charge in [-0.15, -0.1) is 11.3 Å². The van der Waals surface area contributed by atoms with Crippen molar-refractivity contribution in [2.24, 2.45) is 0 Å². The minimum absolute atomic E-state index is 0.335. The lowest BCUT2D eigenvalue weighted by Crippen LogP contribution is -2.05. The Labute approximate surface area is 92.8 Å². The number of nitrogen functional groups attached to an aromatic ring is 1. The van der Waals surface area contributed by atoms with Crippen molar-refractivity contribution in [3.8, 4) is 10.7 Å². The second-order valence-corrected chi connectivity index (χ2v) is 3.87. The Bertz CT molecular complexity index is 489. The number of rotatable bonds is 1. The molecule has 0 spiro atoms. The van der Waals surface area contributed by atoms with Gasteiger partial charge in [0.2, 0.25) is 0 Å². The van der Waals surface area contributed by atoms with Gasteiger partial charge in [-0.2, -0.15) is 13.2 Å². The summed E-state index contributed by atoms with van der Waals surface area (Å²) in [5.74, 6) is 0.335. The molecule has 3 nitrogen and oxygen atoms in total. The minimum atomic E-state index is -4.37. The van der Waals surface area contributed by atoms with Crippen molar-refractivity contribution in [3.63, 3.8) is 0 Å². The lowest BCUT2D eigenvalue weighted by molar-refractivity contribution is -0.137. The first-order valence-corrected chi connectivity index (χ1v) is 5.09. The van der Waals surface area contributed by atoms with Crippen LogP contribution >= 0.6 is 11.3 Å². The highest BCUT2D eigenvalue weighted by Crippen LogP contribution is 2.30. The molecule has 2 aromatic rings. The first-order chi connectivity index (χ1) is 7.47. The van der Waals surface area contributed by atoms with Gasteiger partial charge in [0.25, 0.3) is 0 Å². The van der Waals surface area contributed by atoms with Gasteiger partial charge in [-0.25, -0.2) is 4.98 Å². The number of anilines is 1. The molecular weight excluding hydrogens is 239 g/mol. The molecular formula is C9H6F3N3S. The van der Waals surface area contributed by atoms with Crippen LogP contribution in [0, 0.1) is 0 Å². The average Bonchev–Trinajstić information content (AvgIpc) is 2.64. The summed E-state index contributed by atoms with van der Waals surface area (Å²) in [5.41, 5.74) is 5.01. The maximum atomic E-state index is 12.3. The van der Waals surface area contributed by atoms with Gasteiger partial charge in [0.1, 0.15) is 10.8 Å². The zero-order valence-corrected chi connectivity index (χ0v) is 8.64. The molecule has 0 aliphatic carbocycles. The van der Waals surface area contributed by atoms with E-state index in [1.807, 2.05) is 0 Å². The number of hydrogen-bond donors (Lipinski definition) is 1. The Morgan fingerprint density at radius 3 is 2.44 bits per heavy atom. The predicted octanol–water partition coefficient (Wildman–Crippen LogP) is 2.81. The highest BCUT2D eigenvalue weighted by atomic mass is 32.1. The van der Waals surface area contributed by atoms with E-state index in [1.165, 1.54) is 17.4 Å². The molecule has 0 atom stereocenters. The minimum Gasteiger partial charge on any atom is -0.383 e. The SMILES string of the molecule is Nc1csc(-c2ccc(C(F)(F)F)cn2)n1. The molecule has 0 amide bonds. The first-order valence-electron chi connectivity index (χ1n) is 4.21. The van der Waals surface area contributed by atoms with Gasteiger partial charge in [-0.05, 0) is 12.1 Å². The summed E-state index contributed by atoms with van der Waals surface area (Å²) >= 11 is 1.24. The van der Waals surface area contributed by atoms with Crippen molar-refractivity contribution in [1.82, 2.24) is 9.97 Å². The Kier molecular flexibility index (Phi) is 2.55. The lowest BCUT2D eigenvalue weighted by atomic mass is 10.2. The van der Waals surface area contributed by atoms with E-state index in [2.05, 4.69) is 9.97 Å². The number of nitrogens with two attached hydrogens (primary N) is 1. The van der Waals surface area contributed by atoms with Crippen molar-refractivity contribution in [3.05, 3.63) is 29.3 Å². The number of halogens is 3. The van der Waals surface area contributed by atoms with Crippen LogP contribution in [0.15, 0.2) is 23.7 Å². The van der Waals surface area contributed by atoms with E-state index in [1.54, 1.807) is 5.38 Å². The number of pyridine rings is 1. The van der Waals surface area contributed by atoms with Crippen LogP contribution in [-0.4, -0.2) is 9.97 Å². The van der Waals surface area contributed by atoms with Crippen molar-refractivity contribution in [1.29, 1.82) is 0 Å². The summed E-state index contributed by atoms with van der Waals surface area (Å²) in [6.45, 7) is 0. The number of hydrogen-bond acceptors (Lipinski definition) is 4. The van der Waals surface area contributed by atoms with E-state index in [0.29, 0.717) is 16.5 Å². The van der Waals surface area contributed by atoms with E-state index in [4.69, 9.17) is 5.73 Å². The summed E-state index contributed by atoms with van der Waals surface area (Å²) in [6.07, 6.45) is -3.58. The van der Waals surface area contributed by atoms with Crippen molar-refractivity contribution in [2.75, 3.05) is 5.73 Å². The normalized spacial score (nSPS) is 11.7. The van der Waals surface area contributed by atoms with Crippen LogP contribution in [0.1, 0.15) is 5.56 Å². The second kappa shape index (κ2) is 3.75. The Hall–Kier alpha value is -1.63. The monoisotopic (exact) mass is 245 g/mol. The summed E-state index contributed by atoms with van der Waals surface area (Å²) < 4.78 is 36.8. The molecule has 0 unspecified atom stereocenters. The maximum Gasteiger partial charge on any atom is 0.417 e. The topological polar surface area (TPSA) is 51.8 Å². The van der Waals surface area contributed by atoms with E-state index >= 15 is 0 Å². The summed E-state index contributed by atoms with van der Waals surface area (Å²) in [5, 5.41) is 2.11. The number of nitrogens with zero attached hydrogens (tertiary/aromatic N) is 2. The van der Waals surface area contributed by atoms with Crippen LogP contribution in [0.25, 0.3) is 10.7 Å². The van der Waals surface area contributed by atoms with Crippen LogP contribution < -0.4 is 5.73 Å². The quantitative estimate of drug-likeness (QED) is 0.840. The van der Waals surface area contributed by atoms with Gasteiger partial charge < -0.3 is 5.73 Å². The van der Waals surface area contributed by atoms with Crippen LogP contribution in [-0.2, 0) is 6.18 Å². The molecule has 0 aliphatic rings. The second-order valence-electron chi connectivity index (χ2n) is 3.01. The molecule has 0 aromatic carbocycles.